The van der Waals surface area contributed by atoms with Crippen LogP contribution in [0.4, 0.5) is 0 Å². The zero-order chi connectivity index (χ0) is 30.2. The highest BCUT2D eigenvalue weighted by atomic mass is 16.8. The van der Waals surface area contributed by atoms with Gasteiger partial charge in [-0.15, -0.1) is 0 Å². The summed E-state index contributed by atoms with van der Waals surface area (Å²) in [6, 6.07) is 32.2. The van der Waals surface area contributed by atoms with E-state index in [4.69, 9.17) is 31.5 Å². The van der Waals surface area contributed by atoms with Crippen LogP contribution in [0.5, 0.6) is 0 Å². The highest BCUT2D eigenvalue weighted by Crippen LogP contribution is 2.36. The Labute approximate surface area is 248 Å². The highest BCUT2D eigenvalue weighted by molar-refractivity contribution is 6.15. The van der Waals surface area contributed by atoms with Crippen LogP contribution in [0, 0.1) is 0 Å². The summed E-state index contributed by atoms with van der Waals surface area (Å²) in [5, 5.41) is 0. The van der Waals surface area contributed by atoms with Crippen LogP contribution >= 0.6 is 0 Å². The molecule has 2 radical (unpaired) electrons. The van der Waals surface area contributed by atoms with E-state index in [0.29, 0.717) is 0 Å². The van der Waals surface area contributed by atoms with Gasteiger partial charge in [0.15, 0.2) is 20.1 Å². The maximum absolute atomic E-state index is 13.2. The van der Waals surface area contributed by atoms with E-state index >= 15 is 0 Å². The summed E-state index contributed by atoms with van der Waals surface area (Å²) in [5.74, 6) is -3.22. The van der Waals surface area contributed by atoms with Gasteiger partial charge in [-0.05, 0) is 48.5 Å². The first-order chi connectivity index (χ1) is 20.8. The maximum atomic E-state index is 13.2. The molecule has 1 unspecified atom stereocenters. The van der Waals surface area contributed by atoms with Crippen molar-refractivity contribution in [3.63, 3.8) is 0 Å². The smallest absolute Gasteiger partial charge is 0.340 e. The molecule has 0 amide bonds. The average molecular weight is 576 g/mol. The Morgan fingerprint density at radius 2 is 0.977 bits per heavy atom. The number of ether oxygens (including phenoxy) is 5. The van der Waals surface area contributed by atoms with Gasteiger partial charge in [-0.1, -0.05) is 72.8 Å². The Bertz CT molecular complexity index is 1570. The second-order valence-electron chi connectivity index (χ2n) is 9.53. The lowest BCUT2D eigenvalue weighted by atomic mass is 9.87. The molecule has 0 aliphatic carbocycles. The van der Waals surface area contributed by atoms with Crippen molar-refractivity contribution >= 4 is 31.7 Å². The molecule has 1 saturated heterocycles. The topological polar surface area (TPSA) is 114 Å². The van der Waals surface area contributed by atoms with Crippen LogP contribution in [0.3, 0.4) is 0 Å². The Morgan fingerprint density at radius 1 is 0.581 bits per heavy atom. The summed E-state index contributed by atoms with van der Waals surface area (Å²) in [7, 11) is 6.51. The van der Waals surface area contributed by atoms with Crippen molar-refractivity contribution in [1.29, 1.82) is 0 Å². The van der Waals surface area contributed by atoms with Gasteiger partial charge in [-0.2, -0.15) is 0 Å². The van der Waals surface area contributed by atoms with Gasteiger partial charge in [0.05, 0.1) is 22.3 Å². The molecule has 10 heteroatoms. The van der Waals surface area contributed by atoms with E-state index in [1.54, 1.807) is 84.9 Å². The molecular weight excluding hydrogens is 551 g/mol. The van der Waals surface area contributed by atoms with Gasteiger partial charge in [0.1, 0.15) is 12.7 Å². The first kappa shape index (κ1) is 29.3. The number of hydrogen-bond acceptors (Lipinski definition) is 9. The number of rotatable bonds is 9. The minimum Gasteiger partial charge on any atom is -0.459 e. The van der Waals surface area contributed by atoms with Crippen molar-refractivity contribution in [3.8, 4) is 0 Å². The molecule has 4 aromatic rings. The van der Waals surface area contributed by atoms with Gasteiger partial charge in [0, 0.05) is 0 Å². The summed E-state index contributed by atoms with van der Waals surface area (Å²) >= 11 is 0. The van der Waals surface area contributed by atoms with E-state index in [2.05, 4.69) is 0 Å². The number of carbonyl (C=O) groups excluding carboxylic acids is 4. The fourth-order valence-electron chi connectivity index (χ4n) is 4.41. The predicted molar refractivity (Wildman–Crippen MR) is 153 cm³/mol. The summed E-state index contributed by atoms with van der Waals surface area (Å²) in [4.78, 5) is 52.2. The summed E-state index contributed by atoms with van der Waals surface area (Å²) < 4.78 is 28.5. The van der Waals surface area contributed by atoms with Crippen LogP contribution in [0.25, 0.3) is 0 Å². The predicted octanol–water partition coefficient (Wildman–Crippen LogP) is 4.37. The third-order valence-electron chi connectivity index (χ3n) is 6.54. The highest BCUT2D eigenvalue weighted by Gasteiger charge is 2.59. The summed E-state index contributed by atoms with van der Waals surface area (Å²) in [6.45, 7) is -0.484. The standard InChI is InChI=1S/C33H25BO9/c34-33(43-32(38)25-19-11-4-12-20-25)28(41-31(37)24-17-9-3-10-18-24)27(40-30(36)23-15-7-2-8-16-23)26(42-33)21-39-29(35)22-13-5-1-6-14-22/h1-20,26-28H,21H2/t26-,27-,28-,33?/m1/s1. The molecule has 1 heterocycles. The molecule has 0 saturated carbocycles. The Hall–Kier alpha value is -5.22. The van der Waals surface area contributed by atoms with Crippen molar-refractivity contribution in [3.05, 3.63) is 144 Å². The summed E-state index contributed by atoms with van der Waals surface area (Å²) in [5.41, 5.74) is -1.69. The first-order valence-electron chi connectivity index (χ1n) is 13.3. The van der Waals surface area contributed by atoms with Crippen molar-refractivity contribution < 1.29 is 42.9 Å². The molecule has 5 rings (SSSR count). The first-order valence-corrected chi connectivity index (χ1v) is 13.3. The normalized spacial score (nSPS) is 20.9. The van der Waals surface area contributed by atoms with Gasteiger partial charge in [-0.25, -0.2) is 19.2 Å². The van der Waals surface area contributed by atoms with Gasteiger partial charge in [-0.3, -0.25) is 0 Å². The fraction of sp³-hybridized carbons (Fsp3) is 0.152. The SMILES string of the molecule is [B]C1(OC(=O)c2ccccc2)O[C@H](COC(=O)c2ccccc2)[C@@H](OC(=O)c2ccccc2)[C@H]1OC(=O)c1ccccc1. The molecule has 0 bridgehead atoms. The summed E-state index contributed by atoms with van der Waals surface area (Å²) in [6.07, 6.45) is -4.43. The zero-order valence-electron chi connectivity index (χ0n) is 22.7. The van der Waals surface area contributed by atoms with Crippen LogP contribution in [-0.2, 0) is 23.7 Å². The number of hydrogen-bond donors (Lipinski definition) is 0. The van der Waals surface area contributed by atoms with Gasteiger partial charge >= 0.3 is 23.9 Å². The molecule has 1 fully saturated rings. The van der Waals surface area contributed by atoms with E-state index in [1.165, 1.54) is 36.4 Å². The largest absolute Gasteiger partial charge is 0.459 e. The van der Waals surface area contributed by atoms with Crippen LogP contribution in [0.1, 0.15) is 41.4 Å². The monoisotopic (exact) mass is 576 g/mol. The molecule has 9 nitrogen and oxygen atoms in total. The Balaban J connectivity index is 1.48. The second kappa shape index (κ2) is 13.2. The third-order valence-corrected chi connectivity index (χ3v) is 6.54. The van der Waals surface area contributed by atoms with Crippen LogP contribution < -0.4 is 0 Å². The second-order valence-corrected chi connectivity index (χ2v) is 9.53. The minimum atomic E-state index is -2.44. The van der Waals surface area contributed by atoms with Crippen molar-refractivity contribution in [2.75, 3.05) is 6.61 Å². The molecule has 1 aliphatic rings. The molecule has 0 N–H and O–H groups in total. The van der Waals surface area contributed by atoms with Crippen LogP contribution in [0.15, 0.2) is 121 Å². The molecule has 214 valence electrons. The van der Waals surface area contributed by atoms with Crippen LogP contribution in [0.2, 0.25) is 0 Å². The molecule has 4 atom stereocenters. The maximum Gasteiger partial charge on any atom is 0.340 e. The lowest BCUT2D eigenvalue weighted by Gasteiger charge is -2.31. The lowest BCUT2D eigenvalue weighted by Crippen LogP contribution is -2.51. The van der Waals surface area contributed by atoms with E-state index in [9.17, 15) is 19.2 Å². The van der Waals surface area contributed by atoms with Gasteiger partial charge in [0.25, 0.3) is 0 Å². The molecular formula is C33H25BO9. The molecule has 0 spiro atoms. The van der Waals surface area contributed by atoms with Gasteiger partial charge < -0.3 is 23.7 Å². The number of esters is 4. The quantitative estimate of drug-likeness (QED) is 0.163. The van der Waals surface area contributed by atoms with E-state index < -0.39 is 54.5 Å². The average Bonchev–Trinajstić information content (AvgIpc) is 3.30. The van der Waals surface area contributed by atoms with Crippen molar-refractivity contribution in [1.82, 2.24) is 0 Å². The van der Waals surface area contributed by atoms with Crippen molar-refractivity contribution in [2.24, 2.45) is 0 Å². The number of carbonyl (C=O) groups is 4. The fourth-order valence-corrected chi connectivity index (χ4v) is 4.41. The molecule has 1 aliphatic heterocycles. The molecule has 0 aromatic heterocycles. The Kier molecular flexibility index (Phi) is 8.98. The van der Waals surface area contributed by atoms with E-state index in [1.807, 2.05) is 0 Å². The van der Waals surface area contributed by atoms with E-state index in [-0.39, 0.29) is 22.3 Å². The Morgan fingerprint density at radius 3 is 1.44 bits per heavy atom. The van der Waals surface area contributed by atoms with Gasteiger partial charge in [0.2, 0.25) is 5.69 Å². The minimum absolute atomic E-state index is 0.140. The third kappa shape index (κ3) is 6.99. The number of benzene rings is 4. The van der Waals surface area contributed by atoms with Crippen molar-refractivity contribution in [2.45, 2.75) is 24.0 Å². The molecule has 43 heavy (non-hydrogen) atoms. The lowest BCUT2D eigenvalue weighted by molar-refractivity contribution is -0.174. The molecule has 4 aromatic carbocycles. The zero-order valence-corrected chi connectivity index (χ0v) is 22.7. The van der Waals surface area contributed by atoms with Crippen LogP contribution in [-0.4, -0.2) is 62.3 Å². The van der Waals surface area contributed by atoms with E-state index in [0.717, 1.165) is 0 Å².